The van der Waals surface area contributed by atoms with E-state index in [-0.39, 0.29) is 5.56 Å². The van der Waals surface area contributed by atoms with Gasteiger partial charge in [0.25, 0.3) is 0 Å². The lowest BCUT2D eigenvalue weighted by Gasteiger charge is -2.11. The zero-order valence-electron chi connectivity index (χ0n) is 12.8. The van der Waals surface area contributed by atoms with Crippen molar-refractivity contribution in [3.63, 3.8) is 0 Å². The molecule has 0 saturated carbocycles. The molecule has 0 aliphatic rings. The Kier molecular flexibility index (Phi) is 6.34. The average Bonchev–Trinajstić information content (AvgIpc) is 2.52. The minimum atomic E-state index is -2.05. The van der Waals surface area contributed by atoms with Gasteiger partial charge in [-0.05, 0) is 17.5 Å². The van der Waals surface area contributed by atoms with Gasteiger partial charge in [0, 0.05) is 33.0 Å². The quantitative estimate of drug-likeness (QED) is 0.723. The van der Waals surface area contributed by atoms with Gasteiger partial charge in [-0.2, -0.15) is 0 Å². The van der Waals surface area contributed by atoms with Crippen LogP contribution in [0.3, 0.4) is 0 Å². The molecular formula is C16H17F3O3Si. The summed E-state index contributed by atoms with van der Waals surface area (Å²) in [7, 11) is 1.01. The van der Waals surface area contributed by atoms with Crippen LogP contribution in [0.2, 0.25) is 0 Å². The standard InChI is InChI=1S/C16H17F3O3Si/c1-20-23(21-2)22-8-7-11-3-5-12(6-4-11)16-14(18)9-13(17)10-15(16)19/h3-6,9-10,23H,7-8H2,1-2H3. The second-order valence-electron chi connectivity index (χ2n) is 4.82. The highest BCUT2D eigenvalue weighted by Gasteiger charge is 2.14. The second kappa shape index (κ2) is 8.26. The van der Waals surface area contributed by atoms with Crippen molar-refractivity contribution in [1.82, 2.24) is 0 Å². The molecule has 0 saturated heterocycles. The monoisotopic (exact) mass is 342 g/mol. The summed E-state index contributed by atoms with van der Waals surface area (Å²) in [5, 5.41) is 0. The van der Waals surface area contributed by atoms with E-state index in [1.807, 2.05) is 0 Å². The fourth-order valence-electron chi connectivity index (χ4n) is 2.16. The Labute approximate surface area is 134 Å². The molecule has 0 atom stereocenters. The molecule has 2 aromatic rings. The summed E-state index contributed by atoms with van der Waals surface area (Å²) in [6.45, 7) is 0.428. The Morgan fingerprint density at radius 2 is 1.48 bits per heavy atom. The highest BCUT2D eigenvalue weighted by molar-refractivity contribution is 6.36. The van der Waals surface area contributed by atoms with Crippen LogP contribution >= 0.6 is 0 Å². The van der Waals surface area contributed by atoms with Crippen molar-refractivity contribution >= 4 is 9.53 Å². The van der Waals surface area contributed by atoms with Gasteiger partial charge in [0.15, 0.2) is 0 Å². The van der Waals surface area contributed by atoms with Gasteiger partial charge in [0.05, 0.1) is 5.56 Å². The fraction of sp³-hybridized carbons (Fsp3) is 0.250. The highest BCUT2D eigenvalue weighted by atomic mass is 28.3. The van der Waals surface area contributed by atoms with Gasteiger partial charge in [0.1, 0.15) is 17.5 Å². The van der Waals surface area contributed by atoms with E-state index in [0.717, 1.165) is 5.56 Å². The van der Waals surface area contributed by atoms with Gasteiger partial charge in [-0.15, -0.1) is 0 Å². The van der Waals surface area contributed by atoms with E-state index in [9.17, 15) is 13.2 Å². The van der Waals surface area contributed by atoms with E-state index in [4.69, 9.17) is 13.3 Å². The first kappa shape index (κ1) is 17.7. The predicted octanol–water partition coefficient (Wildman–Crippen LogP) is 3.34. The average molecular weight is 342 g/mol. The summed E-state index contributed by atoms with van der Waals surface area (Å²) in [5.41, 5.74) is 1.06. The molecule has 0 unspecified atom stereocenters. The van der Waals surface area contributed by atoms with Crippen LogP contribution in [-0.2, 0) is 19.7 Å². The first-order valence-corrected chi connectivity index (χ1v) is 8.37. The molecular weight excluding hydrogens is 325 g/mol. The molecule has 0 N–H and O–H groups in total. The van der Waals surface area contributed by atoms with Crippen molar-refractivity contribution in [2.75, 3.05) is 20.8 Å². The lowest BCUT2D eigenvalue weighted by molar-refractivity contribution is 0.137. The van der Waals surface area contributed by atoms with Gasteiger partial charge in [-0.3, -0.25) is 0 Å². The number of rotatable bonds is 7. The second-order valence-corrected chi connectivity index (χ2v) is 6.68. The topological polar surface area (TPSA) is 27.7 Å². The maximum absolute atomic E-state index is 13.7. The first-order chi connectivity index (χ1) is 11.0. The molecule has 0 heterocycles. The van der Waals surface area contributed by atoms with E-state index in [1.165, 1.54) is 14.2 Å². The van der Waals surface area contributed by atoms with Crippen molar-refractivity contribution in [2.45, 2.75) is 6.42 Å². The van der Waals surface area contributed by atoms with Gasteiger partial charge in [-0.25, -0.2) is 13.2 Å². The summed E-state index contributed by atoms with van der Waals surface area (Å²) in [6.07, 6.45) is 0.616. The van der Waals surface area contributed by atoms with Crippen LogP contribution in [0.5, 0.6) is 0 Å². The highest BCUT2D eigenvalue weighted by Crippen LogP contribution is 2.27. The third-order valence-corrected chi connectivity index (χ3v) is 4.56. The first-order valence-electron chi connectivity index (χ1n) is 6.96. The fourth-order valence-corrected chi connectivity index (χ4v) is 2.94. The largest absolute Gasteiger partial charge is 0.483 e. The molecule has 23 heavy (non-hydrogen) atoms. The van der Waals surface area contributed by atoms with Crippen molar-refractivity contribution < 1.29 is 26.4 Å². The maximum atomic E-state index is 13.7. The molecule has 0 fully saturated rings. The Bertz CT molecular complexity index is 623. The zero-order valence-corrected chi connectivity index (χ0v) is 14.0. The number of halogens is 3. The van der Waals surface area contributed by atoms with Crippen molar-refractivity contribution in [2.24, 2.45) is 0 Å². The van der Waals surface area contributed by atoms with Crippen molar-refractivity contribution in [3.05, 3.63) is 59.4 Å². The Morgan fingerprint density at radius 3 is 2.00 bits per heavy atom. The van der Waals surface area contributed by atoms with Crippen LogP contribution in [-0.4, -0.2) is 30.4 Å². The maximum Gasteiger partial charge on any atom is 0.483 e. The molecule has 0 bridgehead atoms. The minimum absolute atomic E-state index is 0.236. The predicted molar refractivity (Wildman–Crippen MR) is 82.6 cm³/mol. The minimum Gasteiger partial charge on any atom is -0.379 e. The van der Waals surface area contributed by atoms with Crippen LogP contribution in [0.15, 0.2) is 36.4 Å². The summed E-state index contributed by atoms with van der Waals surface area (Å²) >= 11 is 0. The van der Waals surface area contributed by atoms with Gasteiger partial charge < -0.3 is 13.3 Å². The van der Waals surface area contributed by atoms with Crippen LogP contribution in [0.1, 0.15) is 5.56 Å². The normalized spacial score (nSPS) is 11.2. The Balaban J connectivity index is 2.05. The lowest BCUT2D eigenvalue weighted by atomic mass is 10.0. The molecule has 7 heteroatoms. The molecule has 124 valence electrons. The molecule has 0 aliphatic carbocycles. The number of hydrogen-bond donors (Lipinski definition) is 0. The molecule has 0 radical (unpaired) electrons. The van der Waals surface area contributed by atoms with Crippen LogP contribution in [0.25, 0.3) is 11.1 Å². The summed E-state index contributed by atoms with van der Waals surface area (Å²) in [5.74, 6) is -2.78. The van der Waals surface area contributed by atoms with Gasteiger partial charge in [-0.1, -0.05) is 24.3 Å². The lowest BCUT2D eigenvalue weighted by Crippen LogP contribution is -2.24. The Hall–Kier alpha value is -1.67. The zero-order chi connectivity index (χ0) is 16.8. The Morgan fingerprint density at radius 1 is 0.913 bits per heavy atom. The third-order valence-electron chi connectivity index (χ3n) is 3.28. The van der Waals surface area contributed by atoms with Crippen molar-refractivity contribution in [1.29, 1.82) is 0 Å². The van der Waals surface area contributed by atoms with Crippen LogP contribution in [0.4, 0.5) is 13.2 Å². The van der Waals surface area contributed by atoms with E-state index >= 15 is 0 Å². The van der Waals surface area contributed by atoms with Gasteiger partial charge >= 0.3 is 9.53 Å². The van der Waals surface area contributed by atoms with E-state index in [2.05, 4.69) is 0 Å². The molecule has 2 rings (SSSR count). The summed E-state index contributed by atoms with van der Waals surface area (Å²) in [4.78, 5) is 0. The van der Waals surface area contributed by atoms with Crippen molar-refractivity contribution in [3.8, 4) is 11.1 Å². The number of benzene rings is 2. The molecule has 0 aromatic heterocycles. The molecule has 3 nitrogen and oxygen atoms in total. The summed E-state index contributed by atoms with van der Waals surface area (Å²) < 4.78 is 55.9. The van der Waals surface area contributed by atoms with Crippen LogP contribution in [0, 0.1) is 17.5 Å². The van der Waals surface area contributed by atoms with E-state index in [1.54, 1.807) is 24.3 Å². The molecule has 2 aromatic carbocycles. The smallest absolute Gasteiger partial charge is 0.379 e. The number of hydrogen-bond acceptors (Lipinski definition) is 3. The molecule has 0 spiro atoms. The summed E-state index contributed by atoms with van der Waals surface area (Å²) in [6, 6.07) is 8.02. The van der Waals surface area contributed by atoms with Gasteiger partial charge in [0.2, 0.25) is 0 Å². The van der Waals surface area contributed by atoms with E-state index < -0.39 is 27.0 Å². The SMILES string of the molecule is CO[SiH](OC)OCCc1ccc(-c2c(F)cc(F)cc2F)cc1. The van der Waals surface area contributed by atoms with E-state index in [0.29, 0.717) is 30.7 Å². The third kappa shape index (κ3) is 4.65. The molecule has 0 amide bonds. The van der Waals surface area contributed by atoms with Crippen LogP contribution < -0.4 is 0 Å². The molecule has 0 aliphatic heterocycles.